The van der Waals surface area contributed by atoms with Gasteiger partial charge in [0.05, 0.1) is 27.8 Å². The van der Waals surface area contributed by atoms with E-state index in [-0.39, 0.29) is 0 Å². The molecule has 0 spiro atoms. The zero-order chi connectivity index (χ0) is 42.6. The van der Waals surface area contributed by atoms with E-state index in [1.165, 1.54) is 32.3 Å². The summed E-state index contributed by atoms with van der Waals surface area (Å²) < 4.78 is 11.3. The number of para-hydroxylation sites is 3. The van der Waals surface area contributed by atoms with Gasteiger partial charge < -0.3 is 8.98 Å². The lowest BCUT2D eigenvalue weighted by atomic mass is 10.0. The topological polar surface area (TPSA) is 61.7 Å². The van der Waals surface area contributed by atoms with Crippen LogP contribution in [0.2, 0.25) is 0 Å². The van der Waals surface area contributed by atoms with Crippen LogP contribution < -0.4 is 0 Å². The first-order valence-electron chi connectivity index (χ1n) is 21.9. The summed E-state index contributed by atoms with van der Waals surface area (Å²) in [6.07, 6.45) is 0. The summed E-state index contributed by atoms with van der Waals surface area (Å²) in [5.41, 5.74) is 10.7. The monoisotopic (exact) mass is 829 g/mol. The van der Waals surface area contributed by atoms with Gasteiger partial charge in [-0.2, -0.15) is 9.97 Å². The summed E-state index contributed by atoms with van der Waals surface area (Å²) in [7, 11) is 0. The van der Waals surface area contributed by atoms with E-state index >= 15 is 0 Å². The summed E-state index contributed by atoms with van der Waals surface area (Å²) in [5, 5.41) is 11.4. The van der Waals surface area contributed by atoms with Crippen LogP contribution in [0, 0.1) is 0 Å². The molecule has 0 saturated heterocycles. The molecular formula is C59H35N5O. The van der Waals surface area contributed by atoms with E-state index in [4.69, 9.17) is 19.4 Å². The van der Waals surface area contributed by atoms with Crippen molar-refractivity contribution in [2.45, 2.75) is 0 Å². The summed E-state index contributed by atoms with van der Waals surface area (Å²) in [6.45, 7) is 0. The number of hydrogen-bond acceptors (Lipinski definition) is 4. The minimum atomic E-state index is 0.530. The molecule has 14 aromatic rings. The number of aromatic nitrogens is 5. The molecule has 0 unspecified atom stereocenters. The molecule has 302 valence electrons. The third-order valence-corrected chi connectivity index (χ3v) is 13.1. The van der Waals surface area contributed by atoms with Gasteiger partial charge in [0.1, 0.15) is 11.2 Å². The largest absolute Gasteiger partial charge is 0.456 e. The van der Waals surface area contributed by atoms with Crippen LogP contribution in [0.4, 0.5) is 0 Å². The van der Waals surface area contributed by atoms with Crippen molar-refractivity contribution in [1.82, 2.24) is 24.1 Å². The molecule has 0 atom stereocenters. The van der Waals surface area contributed by atoms with E-state index in [2.05, 4.69) is 203 Å². The van der Waals surface area contributed by atoms with Crippen molar-refractivity contribution in [3.8, 4) is 45.5 Å². The van der Waals surface area contributed by atoms with Crippen LogP contribution >= 0.6 is 0 Å². The molecule has 0 amide bonds. The lowest BCUT2D eigenvalue weighted by molar-refractivity contribution is 0.669. The summed E-state index contributed by atoms with van der Waals surface area (Å²) in [4.78, 5) is 16.4. The smallest absolute Gasteiger partial charge is 0.238 e. The maximum absolute atomic E-state index is 6.69. The van der Waals surface area contributed by atoms with Crippen molar-refractivity contribution < 1.29 is 4.42 Å². The van der Waals surface area contributed by atoms with Crippen molar-refractivity contribution in [2.24, 2.45) is 0 Å². The molecular weight excluding hydrogens is 795 g/mol. The Labute approximate surface area is 371 Å². The first-order chi connectivity index (χ1) is 32.2. The highest BCUT2D eigenvalue weighted by Crippen LogP contribution is 2.43. The molecule has 0 bridgehead atoms. The minimum absolute atomic E-state index is 0.530. The third kappa shape index (κ3) is 5.51. The fourth-order valence-corrected chi connectivity index (χ4v) is 10.1. The van der Waals surface area contributed by atoms with Crippen LogP contribution in [0.5, 0.6) is 0 Å². The van der Waals surface area contributed by atoms with Gasteiger partial charge in [0, 0.05) is 43.4 Å². The highest BCUT2D eigenvalue weighted by atomic mass is 16.3. The molecule has 0 fully saturated rings. The van der Waals surface area contributed by atoms with Gasteiger partial charge >= 0.3 is 0 Å². The predicted octanol–water partition coefficient (Wildman–Crippen LogP) is 15.3. The Morgan fingerprint density at radius 2 is 0.846 bits per heavy atom. The van der Waals surface area contributed by atoms with Gasteiger partial charge in [0.15, 0.2) is 11.6 Å². The molecule has 65 heavy (non-hydrogen) atoms. The third-order valence-electron chi connectivity index (χ3n) is 13.1. The summed E-state index contributed by atoms with van der Waals surface area (Å²) >= 11 is 0. The van der Waals surface area contributed by atoms with Crippen LogP contribution in [-0.4, -0.2) is 24.1 Å². The predicted molar refractivity (Wildman–Crippen MR) is 267 cm³/mol. The Kier molecular flexibility index (Phi) is 7.59. The first kappa shape index (κ1) is 35.7. The minimum Gasteiger partial charge on any atom is -0.456 e. The standard InChI is InChI=1S/C59H35N5O/c1-2-15-36(16-3-1)37-21-14-22-42(29-37)57-60-58(62-59(61-57)64-50-26-11-8-23-43(50)44-24-9-12-27-51(44)64)49-35-56-48(45-25-10-13-28-55(45)65-56)34-54(49)63-52-32-40-19-6-4-17-38(40)30-46(52)47-31-39-18-5-7-20-41(39)33-53(47)63/h1-35H. The fraction of sp³-hybridized carbons (Fsp3) is 0. The van der Waals surface area contributed by atoms with Gasteiger partial charge in [-0.05, 0) is 93.3 Å². The summed E-state index contributed by atoms with van der Waals surface area (Å²) in [5.74, 6) is 1.63. The number of rotatable bonds is 5. The average Bonchev–Trinajstić information content (AvgIpc) is 4.01. The molecule has 0 aliphatic heterocycles. The zero-order valence-corrected chi connectivity index (χ0v) is 34.9. The molecule has 0 radical (unpaired) electrons. The van der Waals surface area contributed by atoms with Crippen molar-refractivity contribution in [3.05, 3.63) is 212 Å². The molecule has 14 rings (SSSR count). The van der Waals surface area contributed by atoms with Crippen molar-refractivity contribution in [1.29, 1.82) is 0 Å². The van der Waals surface area contributed by atoms with Crippen molar-refractivity contribution in [2.75, 3.05) is 0 Å². The number of nitrogens with zero attached hydrogens (tertiary/aromatic N) is 5. The zero-order valence-electron chi connectivity index (χ0n) is 34.9. The molecule has 4 heterocycles. The van der Waals surface area contributed by atoms with E-state index in [0.29, 0.717) is 17.6 Å². The average molecular weight is 830 g/mol. The second-order valence-electron chi connectivity index (χ2n) is 16.8. The Hall–Kier alpha value is -8.87. The van der Waals surface area contributed by atoms with Crippen LogP contribution in [0.1, 0.15) is 0 Å². The number of benzene rings is 10. The fourth-order valence-electron chi connectivity index (χ4n) is 10.1. The van der Waals surface area contributed by atoms with E-state index < -0.39 is 0 Å². The van der Waals surface area contributed by atoms with Crippen LogP contribution in [0.25, 0.3) is 133 Å². The first-order valence-corrected chi connectivity index (χ1v) is 21.9. The Balaban J connectivity index is 1.13. The maximum atomic E-state index is 6.69. The van der Waals surface area contributed by atoms with Gasteiger partial charge in [0.2, 0.25) is 5.95 Å². The molecule has 0 aliphatic carbocycles. The van der Waals surface area contributed by atoms with Crippen LogP contribution in [-0.2, 0) is 0 Å². The maximum Gasteiger partial charge on any atom is 0.238 e. The van der Waals surface area contributed by atoms with E-state index in [1.54, 1.807) is 0 Å². The molecule has 6 heteroatoms. The number of furan rings is 1. The van der Waals surface area contributed by atoms with Gasteiger partial charge in [-0.3, -0.25) is 4.57 Å². The highest BCUT2D eigenvalue weighted by Gasteiger charge is 2.24. The molecule has 0 N–H and O–H groups in total. The van der Waals surface area contributed by atoms with Crippen molar-refractivity contribution >= 4 is 87.1 Å². The second-order valence-corrected chi connectivity index (χ2v) is 16.8. The van der Waals surface area contributed by atoms with Gasteiger partial charge in [0.25, 0.3) is 0 Å². The van der Waals surface area contributed by atoms with Crippen LogP contribution in [0.3, 0.4) is 0 Å². The van der Waals surface area contributed by atoms with E-state index in [9.17, 15) is 0 Å². The summed E-state index contributed by atoms with van der Waals surface area (Å²) in [6, 6.07) is 75.2. The van der Waals surface area contributed by atoms with E-state index in [0.717, 1.165) is 82.7 Å². The van der Waals surface area contributed by atoms with Gasteiger partial charge in [-0.1, -0.05) is 152 Å². The number of hydrogen-bond donors (Lipinski definition) is 0. The normalized spacial score (nSPS) is 12.0. The van der Waals surface area contributed by atoms with E-state index in [1.807, 2.05) is 18.2 Å². The quantitative estimate of drug-likeness (QED) is 0.173. The molecule has 10 aromatic carbocycles. The Morgan fingerprint density at radius 1 is 0.308 bits per heavy atom. The lowest BCUT2D eigenvalue weighted by Gasteiger charge is -2.16. The lowest BCUT2D eigenvalue weighted by Crippen LogP contribution is -2.08. The molecule has 4 aromatic heterocycles. The SMILES string of the molecule is c1ccc(-c2cccc(-c3nc(-c4cc5oc6ccccc6c5cc4-n4c5cc6ccccc6cc5c5cc6ccccc6cc54)nc(-n4c5ccccc5c5ccccc54)n3)c2)cc1. The molecule has 0 saturated carbocycles. The molecule has 0 aliphatic rings. The second kappa shape index (κ2) is 13.8. The van der Waals surface area contributed by atoms with Crippen LogP contribution in [0.15, 0.2) is 217 Å². The Morgan fingerprint density at radius 3 is 1.52 bits per heavy atom. The van der Waals surface area contributed by atoms with Crippen molar-refractivity contribution in [3.63, 3.8) is 0 Å². The highest BCUT2D eigenvalue weighted by molar-refractivity contribution is 6.18. The van der Waals surface area contributed by atoms with Gasteiger partial charge in [-0.25, -0.2) is 4.98 Å². The van der Waals surface area contributed by atoms with Gasteiger partial charge in [-0.15, -0.1) is 0 Å². The number of fused-ring (bicyclic) bond motifs is 11. The molecule has 6 nitrogen and oxygen atoms in total. The Bertz CT molecular complexity index is 4110.